The van der Waals surface area contributed by atoms with E-state index in [2.05, 4.69) is 39.0 Å². The Hall–Kier alpha value is -3.49. The van der Waals surface area contributed by atoms with E-state index in [1.54, 1.807) is 0 Å². The van der Waals surface area contributed by atoms with Gasteiger partial charge in [-0.2, -0.15) is 17.6 Å². The van der Waals surface area contributed by atoms with Gasteiger partial charge in [0.15, 0.2) is 5.82 Å². The van der Waals surface area contributed by atoms with Gasteiger partial charge in [0, 0.05) is 25.2 Å². The van der Waals surface area contributed by atoms with Crippen LogP contribution in [0.2, 0.25) is 5.02 Å². The molecule has 0 amide bonds. The number of carboxylic acid groups (broad SMARTS) is 1. The van der Waals surface area contributed by atoms with Gasteiger partial charge in [0.05, 0.1) is 5.69 Å². The number of rotatable bonds is 7. The number of hydrogen-bond acceptors (Lipinski definition) is 6. The summed E-state index contributed by atoms with van der Waals surface area (Å²) in [6.45, 7) is 3.75. The first-order chi connectivity index (χ1) is 18.7. The highest BCUT2D eigenvalue weighted by Crippen LogP contribution is 2.33. The van der Waals surface area contributed by atoms with Gasteiger partial charge in [0.2, 0.25) is 5.95 Å². The molecule has 15 heteroatoms. The standard InChI is InChI=1S/C23H23ClF2N4O2S.C2HF3O2/c1-15(16-6-3-2-4-7-16)30-13-12-17(14-30)27-18-10-11-19(23(26)22(18)24)33(31,32)29-21-9-5-8-20(25)28-21;3-2(4,5)1(6)7/h2-11,15,17,27H,12-14H2,1H3,(H,28,29);(H,6,7)/t15?,17-;/m0./s1. The summed E-state index contributed by atoms with van der Waals surface area (Å²) in [4.78, 5) is 14.0. The van der Waals surface area contributed by atoms with Crippen LogP contribution >= 0.6 is 11.6 Å². The van der Waals surface area contributed by atoms with E-state index in [4.69, 9.17) is 21.5 Å². The van der Waals surface area contributed by atoms with E-state index in [1.807, 2.05) is 18.2 Å². The van der Waals surface area contributed by atoms with Crippen LogP contribution in [0.3, 0.4) is 0 Å². The number of aliphatic carboxylic acids is 1. The number of carboxylic acids is 1. The molecule has 8 nitrogen and oxygen atoms in total. The summed E-state index contributed by atoms with van der Waals surface area (Å²) in [5, 5.41) is 10.0. The molecule has 0 bridgehead atoms. The van der Waals surface area contributed by atoms with Gasteiger partial charge in [0.1, 0.15) is 15.7 Å². The van der Waals surface area contributed by atoms with E-state index in [0.717, 1.165) is 31.6 Å². The van der Waals surface area contributed by atoms with Gasteiger partial charge in [-0.3, -0.25) is 9.62 Å². The first-order valence-electron chi connectivity index (χ1n) is 11.7. The van der Waals surface area contributed by atoms with Crippen LogP contribution in [0.15, 0.2) is 65.6 Å². The van der Waals surface area contributed by atoms with Crippen LogP contribution in [0.25, 0.3) is 0 Å². The summed E-state index contributed by atoms with van der Waals surface area (Å²) in [5.74, 6) is -4.96. The molecule has 3 N–H and O–H groups in total. The van der Waals surface area contributed by atoms with Crippen LogP contribution in [0.1, 0.15) is 24.9 Å². The summed E-state index contributed by atoms with van der Waals surface area (Å²) < 4.78 is 87.2. The number of pyridine rings is 1. The molecule has 4 rings (SSSR count). The molecule has 0 saturated carbocycles. The Morgan fingerprint density at radius 3 is 2.35 bits per heavy atom. The lowest BCUT2D eigenvalue weighted by Crippen LogP contribution is -2.28. The van der Waals surface area contributed by atoms with Gasteiger partial charge >= 0.3 is 12.1 Å². The Morgan fingerprint density at radius 2 is 1.75 bits per heavy atom. The second-order valence-electron chi connectivity index (χ2n) is 8.70. The third-order valence-corrected chi connectivity index (χ3v) is 7.68. The molecule has 1 aromatic heterocycles. The first kappa shape index (κ1) is 31.0. The molecule has 0 aliphatic carbocycles. The van der Waals surface area contributed by atoms with Crippen LogP contribution in [0.4, 0.5) is 33.5 Å². The van der Waals surface area contributed by atoms with Crippen molar-refractivity contribution in [1.82, 2.24) is 9.88 Å². The van der Waals surface area contributed by atoms with Gasteiger partial charge in [0.25, 0.3) is 10.0 Å². The summed E-state index contributed by atoms with van der Waals surface area (Å²) in [6, 6.07) is 16.6. The molecule has 1 aliphatic rings. The molecule has 1 saturated heterocycles. The average Bonchev–Trinajstić information content (AvgIpc) is 3.35. The quantitative estimate of drug-likeness (QED) is 0.234. The maximum atomic E-state index is 14.9. The lowest BCUT2D eigenvalue weighted by Gasteiger charge is -2.25. The number of aromatic nitrogens is 1. The van der Waals surface area contributed by atoms with E-state index in [1.165, 1.54) is 23.8 Å². The summed E-state index contributed by atoms with van der Waals surface area (Å²) >= 11 is 6.19. The fourth-order valence-electron chi connectivity index (χ4n) is 3.93. The number of nitrogens with one attached hydrogen (secondary N) is 2. The molecular weight excluding hydrogens is 583 g/mol. The Labute approximate surface area is 231 Å². The Kier molecular flexibility index (Phi) is 9.92. The molecule has 1 unspecified atom stereocenters. The predicted octanol–water partition coefficient (Wildman–Crippen LogP) is 5.69. The van der Waals surface area contributed by atoms with Crippen LogP contribution < -0.4 is 10.0 Å². The zero-order valence-corrected chi connectivity index (χ0v) is 22.4. The predicted molar refractivity (Wildman–Crippen MR) is 139 cm³/mol. The van der Waals surface area contributed by atoms with Crippen molar-refractivity contribution in [3.05, 3.63) is 83.0 Å². The van der Waals surface area contributed by atoms with Crippen molar-refractivity contribution < 1.29 is 40.3 Å². The molecule has 0 spiro atoms. The van der Waals surface area contributed by atoms with Crippen LogP contribution in [0.5, 0.6) is 0 Å². The number of benzene rings is 2. The number of alkyl halides is 3. The maximum absolute atomic E-state index is 14.9. The molecule has 40 heavy (non-hydrogen) atoms. The highest BCUT2D eigenvalue weighted by Gasteiger charge is 2.38. The Balaban J connectivity index is 0.000000559. The van der Waals surface area contributed by atoms with Crippen molar-refractivity contribution >= 4 is 39.1 Å². The van der Waals surface area contributed by atoms with Crippen molar-refractivity contribution in [2.45, 2.75) is 36.5 Å². The van der Waals surface area contributed by atoms with Crippen molar-refractivity contribution in [3.8, 4) is 0 Å². The van der Waals surface area contributed by atoms with Gasteiger partial charge in [-0.15, -0.1) is 0 Å². The maximum Gasteiger partial charge on any atom is 0.490 e. The Bertz CT molecular complexity index is 1440. The second kappa shape index (κ2) is 12.8. The largest absolute Gasteiger partial charge is 0.490 e. The number of carbonyl (C=O) groups is 1. The fourth-order valence-corrected chi connectivity index (χ4v) is 5.29. The van der Waals surface area contributed by atoms with Crippen LogP contribution in [-0.4, -0.2) is 54.7 Å². The van der Waals surface area contributed by atoms with E-state index in [-0.39, 0.29) is 22.9 Å². The minimum atomic E-state index is -5.08. The van der Waals surface area contributed by atoms with Gasteiger partial charge in [-0.1, -0.05) is 48.0 Å². The number of hydrogen-bond donors (Lipinski definition) is 3. The molecule has 3 aromatic rings. The third-order valence-electron chi connectivity index (χ3n) is 5.94. The van der Waals surface area contributed by atoms with Crippen LogP contribution in [-0.2, 0) is 14.8 Å². The first-order valence-corrected chi connectivity index (χ1v) is 13.5. The molecular formula is C25H24ClF5N4O4S. The van der Waals surface area contributed by atoms with E-state index in [9.17, 15) is 30.4 Å². The number of anilines is 2. The van der Waals surface area contributed by atoms with Gasteiger partial charge in [-0.25, -0.2) is 22.6 Å². The minimum Gasteiger partial charge on any atom is -0.475 e. The topological polar surface area (TPSA) is 112 Å². The lowest BCUT2D eigenvalue weighted by atomic mass is 10.1. The summed E-state index contributed by atoms with van der Waals surface area (Å²) in [6.07, 6.45) is -4.25. The fraction of sp³-hybridized carbons (Fsp3) is 0.280. The molecule has 1 fully saturated rings. The molecule has 1 aliphatic heterocycles. The van der Waals surface area contributed by atoms with Crippen molar-refractivity contribution in [2.24, 2.45) is 0 Å². The van der Waals surface area contributed by atoms with Gasteiger partial charge in [-0.05, 0) is 43.2 Å². The monoisotopic (exact) mass is 606 g/mol. The molecule has 2 atom stereocenters. The molecule has 2 heterocycles. The zero-order chi connectivity index (χ0) is 29.7. The average molecular weight is 607 g/mol. The van der Waals surface area contributed by atoms with Crippen molar-refractivity contribution in [2.75, 3.05) is 23.1 Å². The number of likely N-dealkylation sites (tertiary alicyclic amines) is 1. The van der Waals surface area contributed by atoms with Crippen molar-refractivity contribution in [1.29, 1.82) is 0 Å². The summed E-state index contributed by atoms with van der Waals surface area (Å²) in [7, 11) is -4.35. The number of halogens is 6. The minimum absolute atomic E-state index is 0.0325. The highest BCUT2D eigenvalue weighted by molar-refractivity contribution is 7.92. The number of sulfonamides is 1. The molecule has 0 radical (unpaired) electrons. The summed E-state index contributed by atoms with van der Waals surface area (Å²) in [5.41, 5.74) is 1.54. The van der Waals surface area contributed by atoms with E-state index in [0.29, 0.717) is 5.69 Å². The highest BCUT2D eigenvalue weighted by atomic mass is 35.5. The number of nitrogens with zero attached hydrogens (tertiary/aromatic N) is 2. The molecule has 216 valence electrons. The Morgan fingerprint density at radius 1 is 1.10 bits per heavy atom. The second-order valence-corrected chi connectivity index (χ2v) is 10.7. The van der Waals surface area contributed by atoms with Crippen molar-refractivity contribution in [3.63, 3.8) is 0 Å². The van der Waals surface area contributed by atoms with Crippen LogP contribution in [0, 0.1) is 11.8 Å². The smallest absolute Gasteiger partial charge is 0.475 e. The van der Waals surface area contributed by atoms with E-state index >= 15 is 0 Å². The third kappa shape index (κ3) is 8.02. The van der Waals surface area contributed by atoms with Gasteiger partial charge < -0.3 is 10.4 Å². The zero-order valence-electron chi connectivity index (χ0n) is 20.8. The normalized spacial score (nSPS) is 16.5. The van der Waals surface area contributed by atoms with E-state index < -0.39 is 38.8 Å². The lowest BCUT2D eigenvalue weighted by molar-refractivity contribution is -0.192. The molecule has 2 aromatic carbocycles. The SMILES string of the molecule is CC(c1ccccc1)N1CC[C@H](Nc2ccc(S(=O)(=O)Nc3cccc(F)n3)c(F)c2Cl)C1.O=C(O)C(F)(F)F.